The summed E-state index contributed by atoms with van der Waals surface area (Å²) in [6.07, 6.45) is -0.323. The summed E-state index contributed by atoms with van der Waals surface area (Å²) in [4.78, 5) is 27.5. The van der Waals surface area contributed by atoms with E-state index in [1.54, 1.807) is 19.2 Å². The molecule has 0 N–H and O–H groups in total. The molecule has 2 heterocycles. The van der Waals surface area contributed by atoms with E-state index in [-0.39, 0.29) is 23.3 Å². The van der Waals surface area contributed by atoms with Crippen LogP contribution in [-0.2, 0) is 4.74 Å². The number of anilines is 1. The van der Waals surface area contributed by atoms with Gasteiger partial charge < -0.3 is 24.0 Å². The summed E-state index contributed by atoms with van der Waals surface area (Å²) in [6.45, 7) is 2.82. The Bertz CT molecular complexity index is 944. The second-order valence-electron chi connectivity index (χ2n) is 7.24. The molecule has 4 rings (SSSR count). The van der Waals surface area contributed by atoms with Gasteiger partial charge in [0.1, 0.15) is 12.3 Å². The Labute approximate surface area is 173 Å². The zero-order valence-electron chi connectivity index (χ0n) is 16.7. The van der Waals surface area contributed by atoms with Crippen LogP contribution in [0.3, 0.4) is 0 Å². The zero-order chi connectivity index (χ0) is 21.1. The highest BCUT2D eigenvalue weighted by molar-refractivity contribution is 5.95. The van der Waals surface area contributed by atoms with Gasteiger partial charge in [0.2, 0.25) is 0 Å². The molecule has 9 heteroatoms. The van der Waals surface area contributed by atoms with Crippen molar-refractivity contribution in [2.24, 2.45) is 0 Å². The first-order chi connectivity index (χ1) is 14.5. The highest BCUT2D eigenvalue weighted by atomic mass is 16.6. The van der Waals surface area contributed by atoms with E-state index in [1.165, 1.54) is 11.0 Å². The van der Waals surface area contributed by atoms with E-state index >= 15 is 0 Å². The van der Waals surface area contributed by atoms with Gasteiger partial charge in [-0.15, -0.1) is 0 Å². The third-order valence-electron chi connectivity index (χ3n) is 5.16. The number of amides is 1. The molecule has 0 saturated carbocycles. The van der Waals surface area contributed by atoms with E-state index in [4.69, 9.17) is 14.2 Å². The number of benzene rings is 2. The minimum absolute atomic E-state index is 0.0812. The lowest BCUT2D eigenvalue weighted by molar-refractivity contribution is -0.384. The number of ether oxygens (including phenoxy) is 3. The molecule has 2 aromatic rings. The molecule has 0 unspecified atom stereocenters. The number of para-hydroxylation sites is 2. The molecule has 9 nitrogen and oxygen atoms in total. The molecule has 2 aromatic carbocycles. The van der Waals surface area contributed by atoms with Crippen LogP contribution in [-0.4, -0.2) is 68.3 Å². The Hall–Kier alpha value is -3.33. The van der Waals surface area contributed by atoms with Crippen LogP contribution in [0.4, 0.5) is 11.4 Å². The van der Waals surface area contributed by atoms with Gasteiger partial charge in [-0.2, -0.15) is 0 Å². The van der Waals surface area contributed by atoms with Gasteiger partial charge in [0.25, 0.3) is 11.6 Å². The normalized spacial score (nSPS) is 18.0. The quantitative estimate of drug-likeness (QED) is 0.548. The highest BCUT2D eigenvalue weighted by Gasteiger charge is 2.27. The number of nitrogens with zero attached hydrogens (tertiary/aromatic N) is 3. The standard InChI is InChI=1S/C21H23N3O6/c1-22(13-16-14-29-19-4-2-3-5-20(19)30-16)21(25)15-6-7-17(18(12-15)24(26)27)23-8-10-28-11-9-23/h2-7,12,16H,8-11,13-14H2,1H3/t16-/m1/s1. The minimum atomic E-state index is -0.448. The Morgan fingerprint density at radius 1 is 1.20 bits per heavy atom. The number of hydrogen-bond acceptors (Lipinski definition) is 7. The molecule has 0 aromatic heterocycles. The van der Waals surface area contributed by atoms with Gasteiger partial charge in [0.05, 0.1) is 24.7 Å². The van der Waals surface area contributed by atoms with Crippen molar-refractivity contribution >= 4 is 17.3 Å². The predicted molar refractivity (Wildman–Crippen MR) is 109 cm³/mol. The second-order valence-corrected chi connectivity index (χ2v) is 7.24. The van der Waals surface area contributed by atoms with Gasteiger partial charge in [0, 0.05) is 31.8 Å². The first-order valence-electron chi connectivity index (χ1n) is 9.78. The molecule has 0 radical (unpaired) electrons. The van der Waals surface area contributed by atoms with Crippen LogP contribution >= 0.6 is 0 Å². The lowest BCUT2D eigenvalue weighted by atomic mass is 10.1. The summed E-state index contributed by atoms with van der Waals surface area (Å²) in [5.41, 5.74) is 0.684. The number of nitro groups is 1. The molecule has 30 heavy (non-hydrogen) atoms. The van der Waals surface area contributed by atoms with Gasteiger partial charge in [-0.05, 0) is 24.3 Å². The number of fused-ring (bicyclic) bond motifs is 1. The lowest BCUT2D eigenvalue weighted by Crippen LogP contribution is -2.41. The van der Waals surface area contributed by atoms with Crippen molar-refractivity contribution in [2.75, 3.05) is 51.4 Å². The average Bonchev–Trinajstić information content (AvgIpc) is 2.78. The van der Waals surface area contributed by atoms with Crippen molar-refractivity contribution in [1.82, 2.24) is 4.90 Å². The summed E-state index contributed by atoms with van der Waals surface area (Å²) in [5, 5.41) is 11.6. The third-order valence-corrected chi connectivity index (χ3v) is 5.16. The monoisotopic (exact) mass is 413 g/mol. The summed E-state index contributed by atoms with van der Waals surface area (Å²) in [6, 6.07) is 12.0. The fraction of sp³-hybridized carbons (Fsp3) is 0.381. The maximum absolute atomic E-state index is 12.9. The second kappa shape index (κ2) is 8.58. The molecule has 2 aliphatic heterocycles. The van der Waals surface area contributed by atoms with Crippen molar-refractivity contribution in [3.63, 3.8) is 0 Å². The van der Waals surface area contributed by atoms with Crippen LogP contribution in [0, 0.1) is 10.1 Å². The topological polar surface area (TPSA) is 94.4 Å². The number of carbonyl (C=O) groups excluding carboxylic acids is 1. The summed E-state index contributed by atoms with van der Waals surface area (Å²) >= 11 is 0. The predicted octanol–water partition coefficient (Wildman–Crippen LogP) is 2.34. The van der Waals surface area contributed by atoms with Crippen molar-refractivity contribution in [3.05, 3.63) is 58.1 Å². The smallest absolute Gasteiger partial charge is 0.293 e. The molecule has 1 amide bonds. The van der Waals surface area contributed by atoms with Crippen molar-refractivity contribution in [1.29, 1.82) is 0 Å². The van der Waals surface area contributed by atoms with Crippen LogP contribution in [0.5, 0.6) is 11.5 Å². The Morgan fingerprint density at radius 3 is 2.67 bits per heavy atom. The van der Waals surface area contributed by atoms with Crippen molar-refractivity contribution in [2.45, 2.75) is 6.10 Å². The third kappa shape index (κ3) is 4.16. The van der Waals surface area contributed by atoms with E-state index < -0.39 is 4.92 Å². The number of nitro benzene ring substituents is 1. The van der Waals surface area contributed by atoms with Crippen molar-refractivity contribution in [3.8, 4) is 11.5 Å². The molecule has 158 valence electrons. The lowest BCUT2D eigenvalue weighted by Gasteiger charge is -2.30. The van der Waals surface area contributed by atoms with Crippen LogP contribution in [0.25, 0.3) is 0 Å². The summed E-state index contributed by atoms with van der Waals surface area (Å²) < 4.78 is 16.9. The zero-order valence-corrected chi connectivity index (χ0v) is 16.7. The van der Waals surface area contributed by atoms with E-state index in [0.717, 1.165) is 0 Å². The Balaban J connectivity index is 1.47. The minimum Gasteiger partial charge on any atom is -0.486 e. The first-order valence-corrected chi connectivity index (χ1v) is 9.78. The molecule has 1 saturated heterocycles. The van der Waals surface area contributed by atoms with Crippen molar-refractivity contribution < 1.29 is 23.9 Å². The van der Waals surface area contributed by atoms with E-state index in [9.17, 15) is 14.9 Å². The van der Waals surface area contributed by atoms with Gasteiger partial charge in [0.15, 0.2) is 17.6 Å². The molecule has 0 spiro atoms. The maximum atomic E-state index is 12.9. The fourth-order valence-corrected chi connectivity index (χ4v) is 3.64. The molecular weight excluding hydrogens is 390 g/mol. The summed E-state index contributed by atoms with van der Waals surface area (Å²) in [7, 11) is 1.65. The largest absolute Gasteiger partial charge is 0.486 e. The SMILES string of the molecule is CN(C[C@@H]1COc2ccccc2O1)C(=O)c1ccc(N2CCOCC2)c([N+](=O)[O-])c1. The maximum Gasteiger partial charge on any atom is 0.293 e. The number of likely N-dealkylation sites (N-methyl/N-ethyl adjacent to an activating group) is 1. The number of carbonyl (C=O) groups is 1. The summed E-state index contributed by atoms with van der Waals surface area (Å²) in [5.74, 6) is 1.01. The Kier molecular flexibility index (Phi) is 5.71. The Morgan fingerprint density at radius 2 is 1.93 bits per heavy atom. The average molecular weight is 413 g/mol. The molecule has 1 fully saturated rings. The molecular formula is C21H23N3O6. The fourth-order valence-electron chi connectivity index (χ4n) is 3.64. The van der Waals surface area contributed by atoms with E-state index in [0.29, 0.717) is 56.6 Å². The van der Waals surface area contributed by atoms with Crippen LogP contribution in [0.2, 0.25) is 0 Å². The number of morpholine rings is 1. The molecule has 2 aliphatic rings. The van der Waals surface area contributed by atoms with Gasteiger partial charge in [-0.25, -0.2) is 0 Å². The van der Waals surface area contributed by atoms with Gasteiger partial charge in [-0.1, -0.05) is 12.1 Å². The van der Waals surface area contributed by atoms with Gasteiger partial charge in [-0.3, -0.25) is 14.9 Å². The number of rotatable bonds is 5. The van der Waals surface area contributed by atoms with Crippen LogP contribution in [0.1, 0.15) is 10.4 Å². The molecule has 0 bridgehead atoms. The van der Waals surface area contributed by atoms with E-state index in [2.05, 4.69) is 0 Å². The van der Waals surface area contributed by atoms with Crippen LogP contribution in [0.15, 0.2) is 42.5 Å². The molecule has 0 aliphatic carbocycles. The number of hydrogen-bond donors (Lipinski definition) is 0. The van der Waals surface area contributed by atoms with Crippen LogP contribution < -0.4 is 14.4 Å². The molecule has 1 atom stereocenters. The first kappa shape index (κ1) is 20.0. The highest BCUT2D eigenvalue weighted by Crippen LogP contribution is 2.32. The van der Waals surface area contributed by atoms with Gasteiger partial charge >= 0.3 is 0 Å². The van der Waals surface area contributed by atoms with E-state index in [1.807, 2.05) is 29.2 Å².